The Balaban J connectivity index is 1.66. The number of nitrogens with zero attached hydrogens (tertiary/aromatic N) is 2. The van der Waals surface area contributed by atoms with Crippen LogP contribution in [-0.2, 0) is 4.74 Å². The van der Waals surface area contributed by atoms with Gasteiger partial charge in [0.2, 0.25) is 0 Å². The molecule has 1 saturated carbocycles. The Morgan fingerprint density at radius 2 is 2.07 bits per heavy atom. The highest BCUT2D eigenvalue weighted by Crippen LogP contribution is 2.32. The van der Waals surface area contributed by atoms with Crippen molar-refractivity contribution < 1.29 is 14.6 Å². The molecule has 0 spiro atoms. The van der Waals surface area contributed by atoms with Crippen LogP contribution in [-0.4, -0.2) is 32.8 Å². The molecule has 3 atom stereocenters. The van der Waals surface area contributed by atoms with Gasteiger partial charge in [-0.3, -0.25) is 0 Å². The van der Waals surface area contributed by atoms with Gasteiger partial charge < -0.3 is 9.84 Å². The molecule has 3 aromatic rings. The molecular weight excluding hydrogens is 364 g/mol. The molecule has 1 aliphatic rings. The second-order valence-corrected chi connectivity index (χ2v) is 7.66. The maximum atomic E-state index is 11.2. The van der Waals surface area contributed by atoms with E-state index in [2.05, 4.69) is 5.10 Å². The highest BCUT2D eigenvalue weighted by Gasteiger charge is 2.25. The van der Waals surface area contributed by atoms with Gasteiger partial charge in [-0.2, -0.15) is 5.10 Å². The third-order valence-corrected chi connectivity index (χ3v) is 5.51. The molecule has 2 aromatic carbocycles. The van der Waals surface area contributed by atoms with Crippen LogP contribution in [0.2, 0.25) is 0 Å². The van der Waals surface area contributed by atoms with Crippen LogP contribution < -0.4 is 0 Å². The Bertz CT molecular complexity index is 941. The molecule has 4 rings (SSSR count). The fourth-order valence-electron chi connectivity index (χ4n) is 3.69. The van der Waals surface area contributed by atoms with E-state index in [0.717, 1.165) is 35.7 Å². The van der Waals surface area contributed by atoms with Crippen molar-refractivity contribution in [3.8, 4) is 0 Å². The first-order valence-corrected chi connectivity index (χ1v) is 9.56. The number of rotatable bonds is 6. The fourth-order valence-corrected chi connectivity index (χ4v) is 4.07. The van der Waals surface area contributed by atoms with Crippen molar-refractivity contribution in [3.05, 3.63) is 65.9 Å². The predicted octanol–water partition coefficient (Wildman–Crippen LogP) is 4.71. The summed E-state index contributed by atoms with van der Waals surface area (Å²) in [6.45, 7) is 0.622. The first kappa shape index (κ1) is 18.0. The van der Waals surface area contributed by atoms with Crippen LogP contribution in [0.15, 0.2) is 54.7 Å². The van der Waals surface area contributed by atoms with E-state index in [1.165, 1.54) is 0 Å². The maximum Gasteiger partial charge on any atom is 0.335 e. The molecule has 0 radical (unpaired) electrons. The zero-order valence-corrected chi connectivity index (χ0v) is 15.5. The zero-order chi connectivity index (χ0) is 18.8. The zero-order valence-electron chi connectivity index (χ0n) is 14.8. The highest BCUT2D eigenvalue weighted by molar-refractivity contribution is 6.20. The lowest BCUT2D eigenvalue weighted by atomic mass is 10.1. The van der Waals surface area contributed by atoms with Gasteiger partial charge in [0.05, 0.1) is 23.9 Å². The van der Waals surface area contributed by atoms with Gasteiger partial charge in [0.15, 0.2) is 6.23 Å². The summed E-state index contributed by atoms with van der Waals surface area (Å²) in [6, 6.07) is 15.0. The minimum Gasteiger partial charge on any atom is -0.478 e. The normalized spacial score (nSPS) is 20.8. The second kappa shape index (κ2) is 7.71. The van der Waals surface area contributed by atoms with Crippen LogP contribution in [0.4, 0.5) is 0 Å². The smallest absolute Gasteiger partial charge is 0.335 e. The van der Waals surface area contributed by atoms with Gasteiger partial charge >= 0.3 is 5.97 Å². The Morgan fingerprint density at radius 1 is 1.26 bits per heavy atom. The highest BCUT2D eigenvalue weighted by atomic mass is 35.5. The summed E-state index contributed by atoms with van der Waals surface area (Å²) in [5, 5.41) is 14.7. The van der Waals surface area contributed by atoms with Crippen molar-refractivity contribution >= 4 is 28.5 Å². The third-order valence-electron chi connectivity index (χ3n) is 5.12. The van der Waals surface area contributed by atoms with Crippen molar-refractivity contribution in [1.82, 2.24) is 9.78 Å². The summed E-state index contributed by atoms with van der Waals surface area (Å²) in [5.41, 5.74) is 2.10. The number of aromatic carboxylic acids is 1. The quantitative estimate of drug-likeness (QED) is 0.625. The van der Waals surface area contributed by atoms with Crippen LogP contribution >= 0.6 is 11.6 Å². The van der Waals surface area contributed by atoms with E-state index in [1.54, 1.807) is 24.4 Å². The molecule has 1 aromatic heterocycles. The Kier molecular flexibility index (Phi) is 5.14. The molecule has 0 bridgehead atoms. The Hall–Kier alpha value is -2.37. The number of benzene rings is 2. The van der Waals surface area contributed by atoms with Gasteiger partial charge in [-0.15, -0.1) is 11.6 Å². The predicted molar refractivity (Wildman–Crippen MR) is 104 cm³/mol. The van der Waals surface area contributed by atoms with Crippen molar-refractivity contribution in [2.24, 2.45) is 5.92 Å². The number of halogens is 1. The van der Waals surface area contributed by atoms with Crippen LogP contribution in [0.1, 0.15) is 41.4 Å². The lowest BCUT2D eigenvalue weighted by Gasteiger charge is -2.22. The Morgan fingerprint density at radius 3 is 2.78 bits per heavy atom. The van der Waals surface area contributed by atoms with Crippen LogP contribution in [0.25, 0.3) is 10.9 Å². The molecule has 140 valence electrons. The monoisotopic (exact) mass is 384 g/mol. The molecule has 0 amide bonds. The SMILES string of the molecule is O=C(O)c1ccc2c(cnn2C(OCC2CCC(Cl)C2)c2ccccc2)c1. The van der Waals surface area contributed by atoms with E-state index in [4.69, 9.17) is 16.3 Å². The largest absolute Gasteiger partial charge is 0.478 e. The van der Waals surface area contributed by atoms with E-state index in [9.17, 15) is 9.90 Å². The van der Waals surface area contributed by atoms with Gasteiger partial charge in [0, 0.05) is 16.3 Å². The molecule has 1 N–H and O–H groups in total. The van der Waals surface area contributed by atoms with E-state index in [-0.39, 0.29) is 17.2 Å². The van der Waals surface area contributed by atoms with Crippen molar-refractivity contribution in [2.75, 3.05) is 6.61 Å². The van der Waals surface area contributed by atoms with Crippen LogP contribution in [0, 0.1) is 5.92 Å². The number of hydrogen-bond donors (Lipinski definition) is 1. The summed E-state index contributed by atoms with van der Waals surface area (Å²) in [5.74, 6) is -0.489. The molecule has 1 aliphatic carbocycles. The van der Waals surface area contributed by atoms with Crippen molar-refractivity contribution in [3.63, 3.8) is 0 Å². The summed E-state index contributed by atoms with van der Waals surface area (Å²) >= 11 is 6.24. The molecule has 3 unspecified atom stereocenters. The summed E-state index contributed by atoms with van der Waals surface area (Å²) < 4.78 is 8.14. The maximum absolute atomic E-state index is 11.2. The molecule has 1 heterocycles. The van der Waals surface area contributed by atoms with Crippen LogP contribution in [0.3, 0.4) is 0 Å². The number of carboxylic acids is 1. The first-order chi connectivity index (χ1) is 13.1. The number of carboxylic acid groups (broad SMARTS) is 1. The van der Waals surface area contributed by atoms with Crippen molar-refractivity contribution in [2.45, 2.75) is 30.9 Å². The van der Waals surface area contributed by atoms with E-state index >= 15 is 0 Å². The van der Waals surface area contributed by atoms with Gasteiger partial charge in [0.1, 0.15) is 0 Å². The topological polar surface area (TPSA) is 64.3 Å². The van der Waals surface area contributed by atoms with Gasteiger partial charge in [-0.05, 0) is 43.4 Å². The minimum atomic E-state index is -0.947. The number of carbonyl (C=O) groups is 1. The molecule has 0 saturated heterocycles. The molecular formula is C21H21ClN2O3. The summed E-state index contributed by atoms with van der Waals surface area (Å²) in [4.78, 5) is 11.2. The minimum absolute atomic E-state index is 0.244. The van der Waals surface area contributed by atoms with Crippen molar-refractivity contribution in [1.29, 1.82) is 0 Å². The fraction of sp³-hybridized carbons (Fsp3) is 0.333. The first-order valence-electron chi connectivity index (χ1n) is 9.13. The third kappa shape index (κ3) is 3.84. The summed E-state index contributed by atoms with van der Waals surface area (Å²) in [6.07, 6.45) is 4.41. The van der Waals surface area contributed by atoms with Gasteiger partial charge in [0.25, 0.3) is 0 Å². The summed E-state index contributed by atoms with van der Waals surface area (Å²) in [7, 11) is 0. The lowest BCUT2D eigenvalue weighted by Crippen LogP contribution is -2.19. The van der Waals surface area contributed by atoms with Crippen LogP contribution in [0.5, 0.6) is 0 Å². The van der Waals surface area contributed by atoms with E-state index in [0.29, 0.717) is 12.5 Å². The number of alkyl halides is 1. The average Bonchev–Trinajstić information content (AvgIpc) is 3.29. The van der Waals surface area contributed by atoms with Gasteiger partial charge in [-0.25, -0.2) is 9.48 Å². The van der Waals surface area contributed by atoms with E-state index < -0.39 is 5.97 Å². The second-order valence-electron chi connectivity index (χ2n) is 7.04. The van der Waals surface area contributed by atoms with Gasteiger partial charge in [-0.1, -0.05) is 30.3 Å². The molecule has 5 nitrogen and oxygen atoms in total. The number of fused-ring (bicyclic) bond motifs is 1. The average molecular weight is 385 g/mol. The molecule has 1 fully saturated rings. The van der Waals surface area contributed by atoms with E-state index in [1.807, 2.05) is 35.0 Å². The molecule has 6 heteroatoms. The molecule has 0 aliphatic heterocycles. The standard InChI is InChI=1S/C21H21ClN2O3/c22-18-8-6-14(10-18)13-27-20(15-4-2-1-3-5-15)24-19-9-7-16(21(25)26)11-17(19)12-23-24/h1-5,7,9,11-12,14,18,20H,6,8,10,13H2,(H,25,26). The molecule has 27 heavy (non-hydrogen) atoms. The number of hydrogen-bond acceptors (Lipinski definition) is 3. The lowest BCUT2D eigenvalue weighted by molar-refractivity contribution is 0.00639. The number of ether oxygens (including phenoxy) is 1. The Labute approximate surface area is 162 Å². The number of aromatic nitrogens is 2.